The lowest BCUT2D eigenvalue weighted by Crippen LogP contribution is -2.58. The van der Waals surface area contributed by atoms with E-state index in [4.69, 9.17) is 4.74 Å². The van der Waals surface area contributed by atoms with Gasteiger partial charge in [0.25, 0.3) is 0 Å². The molecule has 112 valence electrons. The molecule has 2 fully saturated rings. The molecule has 19 heavy (non-hydrogen) atoms. The van der Waals surface area contributed by atoms with Crippen LogP contribution in [0.1, 0.15) is 46.5 Å². The Hall–Kier alpha value is -0.160. The van der Waals surface area contributed by atoms with Crippen molar-refractivity contribution in [3.8, 4) is 0 Å². The number of hydrogen-bond donors (Lipinski definition) is 2. The summed E-state index contributed by atoms with van der Waals surface area (Å²) in [4.78, 5) is 2.58. The summed E-state index contributed by atoms with van der Waals surface area (Å²) < 4.78 is 5.83. The predicted molar refractivity (Wildman–Crippen MR) is 77.3 cm³/mol. The lowest BCUT2D eigenvalue weighted by atomic mass is 9.78. The van der Waals surface area contributed by atoms with Gasteiger partial charge in [-0.05, 0) is 46.1 Å². The minimum atomic E-state index is -0.0531. The van der Waals surface area contributed by atoms with E-state index in [1.54, 1.807) is 0 Å². The summed E-state index contributed by atoms with van der Waals surface area (Å²) >= 11 is 0. The minimum absolute atomic E-state index is 0.0531. The molecule has 0 radical (unpaired) electrons. The highest BCUT2D eigenvalue weighted by molar-refractivity contribution is 4.97. The molecule has 2 rings (SSSR count). The standard InChI is InChI=1S/C15H30N2O2/c1-4-16-15(11-18)7-5-6-14(8-15)17-9-12(2)19-13(3)10-17/h12-14,16,18H,4-11H2,1-3H3/t12-,13+,14?,15?. The van der Waals surface area contributed by atoms with Crippen LogP contribution in [0.3, 0.4) is 0 Å². The summed E-state index contributed by atoms with van der Waals surface area (Å²) in [5.41, 5.74) is -0.0531. The van der Waals surface area contributed by atoms with E-state index in [1.807, 2.05) is 0 Å². The van der Waals surface area contributed by atoms with E-state index in [0.717, 1.165) is 32.5 Å². The fourth-order valence-electron chi connectivity index (χ4n) is 3.89. The topological polar surface area (TPSA) is 44.7 Å². The Balaban J connectivity index is 1.99. The number of aliphatic hydroxyl groups excluding tert-OH is 1. The third kappa shape index (κ3) is 3.69. The van der Waals surface area contributed by atoms with Gasteiger partial charge in [0, 0.05) is 24.7 Å². The summed E-state index contributed by atoms with van der Waals surface area (Å²) in [6.07, 6.45) is 5.28. The van der Waals surface area contributed by atoms with Gasteiger partial charge < -0.3 is 15.2 Å². The first-order chi connectivity index (χ1) is 9.08. The summed E-state index contributed by atoms with van der Waals surface area (Å²) in [6.45, 7) is 9.70. The number of rotatable bonds is 4. The number of ether oxygens (including phenoxy) is 1. The van der Waals surface area contributed by atoms with E-state index in [2.05, 4.69) is 31.0 Å². The SMILES string of the molecule is CCNC1(CO)CCCC(N2C[C@@H](C)O[C@@H](C)C2)C1. The molecule has 0 aromatic heterocycles. The second-order valence-electron chi connectivity index (χ2n) is 6.43. The molecular formula is C15H30N2O2. The Morgan fingerprint density at radius 3 is 2.58 bits per heavy atom. The van der Waals surface area contributed by atoms with Gasteiger partial charge in [-0.3, -0.25) is 4.90 Å². The van der Waals surface area contributed by atoms with Crippen LogP contribution in [-0.2, 0) is 4.74 Å². The summed E-state index contributed by atoms with van der Waals surface area (Å²) in [7, 11) is 0. The third-order valence-electron chi connectivity index (χ3n) is 4.64. The zero-order chi connectivity index (χ0) is 13.9. The fourth-order valence-corrected chi connectivity index (χ4v) is 3.89. The zero-order valence-corrected chi connectivity index (χ0v) is 12.7. The largest absolute Gasteiger partial charge is 0.394 e. The molecule has 1 heterocycles. The van der Waals surface area contributed by atoms with Gasteiger partial charge in [0.1, 0.15) is 0 Å². The molecule has 0 aromatic carbocycles. The molecule has 1 saturated heterocycles. The fraction of sp³-hybridized carbons (Fsp3) is 1.00. The molecule has 1 aliphatic heterocycles. The van der Waals surface area contributed by atoms with Crippen LogP contribution in [0.4, 0.5) is 0 Å². The number of likely N-dealkylation sites (N-methyl/N-ethyl adjacent to an activating group) is 1. The van der Waals surface area contributed by atoms with Crippen molar-refractivity contribution in [2.24, 2.45) is 0 Å². The van der Waals surface area contributed by atoms with Crippen molar-refractivity contribution in [2.75, 3.05) is 26.2 Å². The highest BCUT2D eigenvalue weighted by atomic mass is 16.5. The van der Waals surface area contributed by atoms with E-state index in [-0.39, 0.29) is 12.1 Å². The van der Waals surface area contributed by atoms with Gasteiger partial charge in [0.05, 0.1) is 18.8 Å². The van der Waals surface area contributed by atoms with Crippen molar-refractivity contribution in [2.45, 2.75) is 70.2 Å². The normalized spacial score (nSPS) is 41.4. The molecule has 0 aromatic rings. The van der Waals surface area contributed by atoms with Gasteiger partial charge in [-0.1, -0.05) is 6.92 Å². The first-order valence-corrected chi connectivity index (χ1v) is 7.84. The van der Waals surface area contributed by atoms with Crippen molar-refractivity contribution in [3.05, 3.63) is 0 Å². The average Bonchev–Trinajstić information content (AvgIpc) is 2.38. The maximum Gasteiger partial charge on any atom is 0.0678 e. The second kappa shape index (κ2) is 6.53. The maximum absolute atomic E-state index is 9.79. The van der Waals surface area contributed by atoms with Crippen LogP contribution >= 0.6 is 0 Å². The molecule has 2 N–H and O–H groups in total. The molecule has 0 spiro atoms. The van der Waals surface area contributed by atoms with Gasteiger partial charge in [0.2, 0.25) is 0 Å². The van der Waals surface area contributed by atoms with Crippen molar-refractivity contribution in [1.82, 2.24) is 10.2 Å². The lowest BCUT2D eigenvalue weighted by molar-refractivity contribution is -0.0897. The van der Waals surface area contributed by atoms with E-state index in [0.29, 0.717) is 18.2 Å². The number of morpholine rings is 1. The van der Waals surface area contributed by atoms with Crippen LogP contribution in [0.5, 0.6) is 0 Å². The van der Waals surface area contributed by atoms with Crippen LogP contribution in [0.15, 0.2) is 0 Å². The summed E-state index contributed by atoms with van der Waals surface area (Å²) in [6, 6.07) is 0.591. The molecule has 1 saturated carbocycles. The monoisotopic (exact) mass is 270 g/mol. The Morgan fingerprint density at radius 1 is 1.32 bits per heavy atom. The van der Waals surface area contributed by atoms with E-state index in [1.165, 1.54) is 12.8 Å². The van der Waals surface area contributed by atoms with Gasteiger partial charge in [-0.15, -0.1) is 0 Å². The van der Waals surface area contributed by atoms with Crippen LogP contribution < -0.4 is 5.32 Å². The molecule has 4 nitrogen and oxygen atoms in total. The zero-order valence-electron chi connectivity index (χ0n) is 12.7. The van der Waals surface area contributed by atoms with Crippen LogP contribution in [-0.4, -0.2) is 60.0 Å². The van der Waals surface area contributed by atoms with Gasteiger partial charge in [0.15, 0.2) is 0 Å². The first kappa shape index (κ1) is 15.2. The molecule has 1 aliphatic carbocycles. The molecule has 4 atom stereocenters. The van der Waals surface area contributed by atoms with E-state index in [9.17, 15) is 5.11 Å². The first-order valence-electron chi connectivity index (χ1n) is 7.84. The van der Waals surface area contributed by atoms with Crippen LogP contribution in [0.2, 0.25) is 0 Å². The Morgan fingerprint density at radius 2 is 2.00 bits per heavy atom. The lowest BCUT2D eigenvalue weighted by Gasteiger charge is -2.47. The highest BCUT2D eigenvalue weighted by Gasteiger charge is 2.38. The number of nitrogens with zero attached hydrogens (tertiary/aromatic N) is 1. The van der Waals surface area contributed by atoms with Gasteiger partial charge >= 0.3 is 0 Å². The van der Waals surface area contributed by atoms with Crippen molar-refractivity contribution >= 4 is 0 Å². The van der Waals surface area contributed by atoms with Crippen molar-refractivity contribution < 1.29 is 9.84 Å². The molecule has 2 aliphatic rings. The molecule has 0 bridgehead atoms. The van der Waals surface area contributed by atoms with Crippen molar-refractivity contribution in [3.63, 3.8) is 0 Å². The molecule has 2 unspecified atom stereocenters. The highest BCUT2D eigenvalue weighted by Crippen LogP contribution is 2.32. The van der Waals surface area contributed by atoms with Crippen LogP contribution in [0.25, 0.3) is 0 Å². The van der Waals surface area contributed by atoms with Gasteiger partial charge in [-0.25, -0.2) is 0 Å². The Bertz CT molecular complexity index is 273. The number of aliphatic hydroxyl groups is 1. The number of nitrogens with one attached hydrogen (secondary N) is 1. The minimum Gasteiger partial charge on any atom is -0.394 e. The van der Waals surface area contributed by atoms with Crippen LogP contribution in [0, 0.1) is 0 Å². The quantitative estimate of drug-likeness (QED) is 0.810. The summed E-state index contributed by atoms with van der Waals surface area (Å²) in [5.74, 6) is 0. The maximum atomic E-state index is 9.79. The predicted octanol–water partition coefficient (Wildman–Crippen LogP) is 1.38. The van der Waals surface area contributed by atoms with Gasteiger partial charge in [-0.2, -0.15) is 0 Å². The van der Waals surface area contributed by atoms with Crippen molar-refractivity contribution in [1.29, 1.82) is 0 Å². The molecular weight excluding hydrogens is 240 g/mol. The smallest absolute Gasteiger partial charge is 0.0678 e. The Labute approximate surface area is 117 Å². The average molecular weight is 270 g/mol. The molecule has 0 amide bonds. The Kier molecular flexibility index (Phi) is 5.23. The number of hydrogen-bond acceptors (Lipinski definition) is 4. The molecule has 4 heteroatoms. The second-order valence-corrected chi connectivity index (χ2v) is 6.43. The third-order valence-corrected chi connectivity index (χ3v) is 4.64. The van der Waals surface area contributed by atoms with E-state index < -0.39 is 0 Å². The van der Waals surface area contributed by atoms with E-state index >= 15 is 0 Å². The summed E-state index contributed by atoms with van der Waals surface area (Å²) in [5, 5.41) is 13.3.